The highest BCUT2D eigenvalue weighted by Crippen LogP contribution is 2.40. The average molecular weight is 539 g/mol. The summed E-state index contributed by atoms with van der Waals surface area (Å²) in [7, 11) is 0. The van der Waals surface area contributed by atoms with Crippen molar-refractivity contribution in [1.82, 2.24) is 20.4 Å². The molecule has 2 aliphatic rings. The highest BCUT2D eigenvalue weighted by Gasteiger charge is 2.36. The van der Waals surface area contributed by atoms with E-state index in [1.54, 1.807) is 0 Å². The van der Waals surface area contributed by atoms with E-state index in [2.05, 4.69) is 69.2 Å². The Kier molecular flexibility index (Phi) is 6.68. The fraction of sp³-hybridized carbons (Fsp3) is 0.444. The lowest BCUT2D eigenvalue weighted by Gasteiger charge is -2.39. The summed E-state index contributed by atoms with van der Waals surface area (Å²) in [6.45, 7) is 8.46. The first-order valence-corrected chi connectivity index (χ1v) is 13.0. The second kappa shape index (κ2) is 9.74. The molecule has 1 amide bonds. The number of hydrogen-bond acceptors (Lipinski definition) is 6. The van der Waals surface area contributed by atoms with Crippen molar-refractivity contribution >= 4 is 21.8 Å². The van der Waals surface area contributed by atoms with Crippen LogP contribution < -0.4 is 10.1 Å². The molecule has 3 aromatic rings. The number of aryl methyl sites for hydroxylation is 1. The van der Waals surface area contributed by atoms with Crippen LogP contribution in [0.15, 0.2) is 51.5 Å². The summed E-state index contributed by atoms with van der Waals surface area (Å²) in [5.41, 5.74) is 2.84. The average Bonchev–Trinajstić information content (AvgIpc) is 3.28. The fourth-order valence-corrected chi connectivity index (χ4v) is 5.40. The van der Waals surface area contributed by atoms with Gasteiger partial charge in [0.05, 0.1) is 12.6 Å². The number of ether oxygens (including phenoxy) is 1. The van der Waals surface area contributed by atoms with Gasteiger partial charge in [0.2, 0.25) is 17.6 Å². The van der Waals surface area contributed by atoms with E-state index in [4.69, 9.17) is 9.26 Å². The zero-order chi connectivity index (χ0) is 24.6. The van der Waals surface area contributed by atoms with Crippen LogP contribution in [-0.2, 0) is 11.3 Å². The van der Waals surface area contributed by atoms with Crippen LogP contribution in [0.2, 0.25) is 0 Å². The molecular formula is C27H31BrN4O3. The van der Waals surface area contributed by atoms with Gasteiger partial charge >= 0.3 is 0 Å². The van der Waals surface area contributed by atoms with Crippen molar-refractivity contribution in [2.45, 2.75) is 58.2 Å². The molecule has 2 aliphatic heterocycles. The van der Waals surface area contributed by atoms with E-state index in [0.717, 1.165) is 53.7 Å². The lowest BCUT2D eigenvalue weighted by Crippen LogP contribution is -2.45. The first-order chi connectivity index (χ1) is 16.8. The molecule has 35 heavy (non-hydrogen) atoms. The summed E-state index contributed by atoms with van der Waals surface area (Å²) in [6, 6.07) is 14.0. The Hall–Kier alpha value is -2.71. The molecular weight excluding hydrogens is 508 g/mol. The molecule has 184 valence electrons. The van der Waals surface area contributed by atoms with E-state index < -0.39 is 0 Å². The van der Waals surface area contributed by atoms with Crippen LogP contribution >= 0.6 is 15.9 Å². The molecule has 0 bridgehead atoms. The molecule has 8 heteroatoms. The molecule has 2 aromatic carbocycles. The Labute approximate surface area is 214 Å². The van der Waals surface area contributed by atoms with Gasteiger partial charge in [-0.15, -0.1) is 0 Å². The molecule has 1 atom stereocenters. The van der Waals surface area contributed by atoms with E-state index in [1.807, 2.05) is 30.3 Å². The summed E-state index contributed by atoms with van der Waals surface area (Å²) in [5.74, 6) is 2.19. The highest BCUT2D eigenvalue weighted by molar-refractivity contribution is 9.10. The topological polar surface area (TPSA) is 80.5 Å². The van der Waals surface area contributed by atoms with Gasteiger partial charge in [0.1, 0.15) is 11.4 Å². The van der Waals surface area contributed by atoms with Crippen molar-refractivity contribution in [3.8, 4) is 17.1 Å². The van der Waals surface area contributed by atoms with E-state index in [1.165, 1.54) is 5.56 Å². The van der Waals surface area contributed by atoms with E-state index >= 15 is 0 Å². The number of aromatic nitrogens is 2. The number of nitrogens with one attached hydrogen (secondary N) is 1. The third-order valence-corrected chi connectivity index (χ3v) is 7.30. The second-order valence-electron chi connectivity index (χ2n) is 10.2. The lowest BCUT2D eigenvalue weighted by atomic mass is 9.88. The molecule has 0 aliphatic carbocycles. The summed E-state index contributed by atoms with van der Waals surface area (Å²) in [4.78, 5) is 20.0. The monoisotopic (exact) mass is 538 g/mol. The standard InChI is InChI=1S/C27H31BrN4O3/c1-17-7-8-23-21(13-17)22(15-27(2,3)34-23)29-26(33)18-9-11-32(12-10-18)16-24-30-25(31-35-24)19-5-4-6-20(28)14-19/h4-8,13-14,18,22H,9-12,15-16H2,1-3H3,(H,29,33). The third kappa shape index (κ3) is 5.59. The quantitative estimate of drug-likeness (QED) is 0.465. The predicted molar refractivity (Wildman–Crippen MR) is 137 cm³/mol. The molecule has 0 saturated carbocycles. The van der Waals surface area contributed by atoms with Crippen LogP contribution in [0.5, 0.6) is 5.75 Å². The Balaban J connectivity index is 1.17. The van der Waals surface area contributed by atoms with Crippen LogP contribution in [0.25, 0.3) is 11.4 Å². The molecule has 0 spiro atoms. The molecule has 1 aromatic heterocycles. The van der Waals surface area contributed by atoms with Gasteiger partial charge in [0.25, 0.3) is 0 Å². The maximum absolute atomic E-state index is 13.2. The molecule has 1 N–H and O–H groups in total. The maximum atomic E-state index is 13.2. The maximum Gasteiger partial charge on any atom is 0.241 e. The first kappa shape index (κ1) is 24.0. The van der Waals surface area contributed by atoms with E-state index in [0.29, 0.717) is 18.3 Å². The summed E-state index contributed by atoms with van der Waals surface area (Å²) in [5, 5.41) is 7.47. The Morgan fingerprint density at radius 2 is 2.00 bits per heavy atom. The van der Waals surface area contributed by atoms with Crippen LogP contribution in [0.3, 0.4) is 0 Å². The predicted octanol–water partition coefficient (Wildman–Crippen LogP) is 5.44. The van der Waals surface area contributed by atoms with Gasteiger partial charge in [-0.25, -0.2) is 0 Å². The normalized spacial score (nSPS) is 20.2. The number of halogens is 1. The summed E-state index contributed by atoms with van der Waals surface area (Å²) in [6.07, 6.45) is 2.38. The van der Waals surface area contributed by atoms with Crippen LogP contribution in [0.4, 0.5) is 0 Å². The van der Waals surface area contributed by atoms with Gasteiger partial charge in [-0.2, -0.15) is 4.98 Å². The van der Waals surface area contributed by atoms with Crippen molar-refractivity contribution in [2.24, 2.45) is 5.92 Å². The zero-order valence-corrected chi connectivity index (χ0v) is 22.0. The van der Waals surface area contributed by atoms with E-state index in [9.17, 15) is 4.79 Å². The molecule has 1 fully saturated rings. The number of carbonyl (C=O) groups is 1. The van der Waals surface area contributed by atoms with Crippen LogP contribution in [0.1, 0.15) is 56.2 Å². The minimum atomic E-state index is -0.317. The lowest BCUT2D eigenvalue weighted by molar-refractivity contribution is -0.127. The number of fused-ring (bicyclic) bond motifs is 1. The number of hydrogen-bond donors (Lipinski definition) is 1. The van der Waals surface area contributed by atoms with Crippen molar-refractivity contribution in [3.05, 3.63) is 64.0 Å². The molecule has 1 saturated heterocycles. The molecule has 5 rings (SSSR count). The highest BCUT2D eigenvalue weighted by atomic mass is 79.9. The van der Waals surface area contributed by atoms with Gasteiger partial charge < -0.3 is 14.6 Å². The number of rotatable bonds is 5. The molecule has 3 heterocycles. The first-order valence-electron chi connectivity index (χ1n) is 12.2. The molecule has 0 radical (unpaired) electrons. The third-order valence-electron chi connectivity index (χ3n) is 6.81. The van der Waals surface area contributed by atoms with Crippen molar-refractivity contribution in [3.63, 3.8) is 0 Å². The van der Waals surface area contributed by atoms with Crippen LogP contribution in [-0.4, -0.2) is 39.6 Å². The minimum Gasteiger partial charge on any atom is -0.487 e. The number of carbonyl (C=O) groups excluding carboxylic acids is 1. The number of nitrogens with zero attached hydrogens (tertiary/aromatic N) is 3. The van der Waals surface area contributed by atoms with E-state index in [-0.39, 0.29) is 23.5 Å². The SMILES string of the molecule is Cc1ccc2c(c1)C(NC(=O)C1CCN(Cc3nc(-c4cccc(Br)c4)no3)CC1)CC(C)(C)O2. The number of benzene rings is 2. The number of amides is 1. The smallest absolute Gasteiger partial charge is 0.241 e. The molecule has 1 unspecified atom stereocenters. The Morgan fingerprint density at radius 1 is 1.20 bits per heavy atom. The number of likely N-dealkylation sites (tertiary alicyclic amines) is 1. The van der Waals surface area contributed by atoms with Crippen molar-refractivity contribution < 1.29 is 14.1 Å². The minimum absolute atomic E-state index is 0.00498. The Bertz CT molecular complexity index is 1220. The van der Waals surface area contributed by atoms with Gasteiger partial charge in [0, 0.05) is 27.9 Å². The van der Waals surface area contributed by atoms with Crippen molar-refractivity contribution in [1.29, 1.82) is 0 Å². The molecule has 7 nitrogen and oxygen atoms in total. The van der Waals surface area contributed by atoms with Gasteiger partial charge in [-0.1, -0.05) is 50.9 Å². The summed E-state index contributed by atoms with van der Waals surface area (Å²) < 4.78 is 12.6. The fourth-order valence-electron chi connectivity index (χ4n) is 5.00. The number of piperidine rings is 1. The zero-order valence-electron chi connectivity index (χ0n) is 20.4. The Morgan fingerprint density at radius 3 is 2.77 bits per heavy atom. The van der Waals surface area contributed by atoms with Crippen LogP contribution in [0, 0.1) is 12.8 Å². The van der Waals surface area contributed by atoms with Gasteiger partial charge in [-0.05, 0) is 64.9 Å². The largest absolute Gasteiger partial charge is 0.487 e. The van der Waals surface area contributed by atoms with Gasteiger partial charge in [0.15, 0.2) is 0 Å². The van der Waals surface area contributed by atoms with Gasteiger partial charge in [-0.3, -0.25) is 9.69 Å². The summed E-state index contributed by atoms with van der Waals surface area (Å²) >= 11 is 3.48. The second-order valence-corrected chi connectivity index (χ2v) is 11.2. The van der Waals surface area contributed by atoms with Crippen molar-refractivity contribution in [2.75, 3.05) is 13.1 Å².